The van der Waals surface area contributed by atoms with Gasteiger partial charge in [0.1, 0.15) is 22.2 Å². The Bertz CT molecular complexity index is 1140. The average Bonchev–Trinajstić information content (AvgIpc) is 3.42. The van der Waals surface area contributed by atoms with Crippen LogP contribution in [0.5, 0.6) is 5.75 Å². The lowest BCUT2D eigenvalue weighted by molar-refractivity contribution is 0.181. The van der Waals surface area contributed by atoms with Gasteiger partial charge in [0.25, 0.3) is 0 Å². The molecule has 1 atom stereocenters. The van der Waals surface area contributed by atoms with E-state index in [1.807, 2.05) is 17.4 Å². The average molecular weight is 480 g/mol. The van der Waals surface area contributed by atoms with E-state index in [0.29, 0.717) is 0 Å². The van der Waals surface area contributed by atoms with Gasteiger partial charge >= 0.3 is 0 Å². The maximum atomic E-state index is 5.48. The highest BCUT2D eigenvalue weighted by atomic mass is 32.1. The van der Waals surface area contributed by atoms with Crippen molar-refractivity contribution in [2.75, 3.05) is 46.2 Å². The van der Waals surface area contributed by atoms with Gasteiger partial charge in [-0.15, -0.1) is 11.3 Å². The molecule has 2 aromatic heterocycles. The fraction of sp³-hybridized carbons (Fsp3) is 0.556. The fourth-order valence-electron chi connectivity index (χ4n) is 5.30. The molecule has 7 heteroatoms. The summed E-state index contributed by atoms with van der Waals surface area (Å²) in [4.78, 5) is 17.6. The first kappa shape index (κ1) is 23.5. The minimum absolute atomic E-state index is 0.207. The molecule has 182 valence electrons. The predicted molar refractivity (Wildman–Crippen MR) is 141 cm³/mol. The Morgan fingerprint density at radius 2 is 2.03 bits per heavy atom. The van der Waals surface area contributed by atoms with Gasteiger partial charge in [0.15, 0.2) is 0 Å². The molecule has 1 aromatic carbocycles. The Balaban J connectivity index is 1.43. The van der Waals surface area contributed by atoms with E-state index in [4.69, 9.17) is 14.7 Å². The molecule has 0 spiro atoms. The Morgan fingerprint density at radius 3 is 2.79 bits per heavy atom. The first-order valence-corrected chi connectivity index (χ1v) is 13.4. The van der Waals surface area contributed by atoms with Crippen LogP contribution in [0, 0.1) is 5.92 Å². The van der Waals surface area contributed by atoms with Crippen LogP contribution in [0.15, 0.2) is 24.3 Å². The minimum Gasteiger partial charge on any atom is -0.497 e. The summed E-state index contributed by atoms with van der Waals surface area (Å²) in [7, 11) is 5.99. The molecular formula is C27H37N5OS. The number of aromatic nitrogens is 2. The SMILES string of the molecule is COc1cccc([C@H](CNc2nc(CN3CCC(C)CC3)nc3sc4c(c23)CCC4)N(C)C)c1. The fourth-order valence-corrected chi connectivity index (χ4v) is 6.58. The molecule has 1 saturated heterocycles. The summed E-state index contributed by atoms with van der Waals surface area (Å²) in [6.07, 6.45) is 6.11. The maximum absolute atomic E-state index is 5.48. The number of piperidine rings is 1. The van der Waals surface area contributed by atoms with Crippen molar-refractivity contribution in [3.05, 3.63) is 46.1 Å². The van der Waals surface area contributed by atoms with Crippen molar-refractivity contribution in [3.63, 3.8) is 0 Å². The van der Waals surface area contributed by atoms with Crippen molar-refractivity contribution >= 4 is 27.4 Å². The van der Waals surface area contributed by atoms with Crippen LogP contribution in [0.1, 0.15) is 54.1 Å². The number of ether oxygens (including phenoxy) is 1. The third-order valence-corrected chi connectivity index (χ3v) is 8.60. The van der Waals surface area contributed by atoms with Crippen molar-refractivity contribution in [3.8, 4) is 5.75 Å². The zero-order valence-electron chi connectivity index (χ0n) is 20.9. The van der Waals surface area contributed by atoms with Crippen molar-refractivity contribution < 1.29 is 4.74 Å². The molecule has 0 amide bonds. The standard InChI is InChI=1S/C27H37N5OS/c1-18-11-13-32(14-12-18)17-24-29-26(25-21-9-6-10-23(21)34-27(25)30-24)28-16-22(31(2)3)19-7-5-8-20(15-19)33-4/h5,7-8,15,18,22H,6,9-14,16-17H2,1-4H3,(H,28,29,30)/t22-/m0/s1. The largest absolute Gasteiger partial charge is 0.497 e. The van der Waals surface area contributed by atoms with Crippen LogP contribution in [0.25, 0.3) is 10.2 Å². The molecule has 5 rings (SSSR count). The number of thiophene rings is 1. The van der Waals surface area contributed by atoms with Crippen LogP contribution in [-0.4, -0.2) is 60.6 Å². The number of nitrogens with zero attached hydrogens (tertiary/aromatic N) is 4. The Morgan fingerprint density at radius 1 is 1.21 bits per heavy atom. The van der Waals surface area contributed by atoms with E-state index >= 15 is 0 Å². The molecule has 1 fully saturated rings. The van der Waals surface area contributed by atoms with Gasteiger partial charge in [-0.1, -0.05) is 19.1 Å². The first-order valence-electron chi connectivity index (χ1n) is 12.6. The quantitative estimate of drug-likeness (QED) is 0.483. The smallest absolute Gasteiger partial charge is 0.146 e. The molecule has 34 heavy (non-hydrogen) atoms. The van der Waals surface area contributed by atoms with Crippen molar-refractivity contribution in [1.29, 1.82) is 0 Å². The molecule has 3 heterocycles. The summed E-state index contributed by atoms with van der Waals surface area (Å²) in [6, 6.07) is 8.58. The summed E-state index contributed by atoms with van der Waals surface area (Å²) in [5, 5.41) is 5.02. The first-order chi connectivity index (χ1) is 16.5. The topological polar surface area (TPSA) is 53.5 Å². The Labute approximate surface area is 207 Å². The second-order valence-electron chi connectivity index (χ2n) is 10.1. The monoisotopic (exact) mass is 479 g/mol. The van der Waals surface area contributed by atoms with Crippen molar-refractivity contribution in [1.82, 2.24) is 19.8 Å². The molecule has 2 aliphatic rings. The lowest BCUT2D eigenvalue weighted by atomic mass is 9.99. The van der Waals surface area contributed by atoms with Gasteiger partial charge in [-0.3, -0.25) is 4.90 Å². The predicted octanol–water partition coefficient (Wildman–Crippen LogP) is 5.14. The lowest BCUT2D eigenvalue weighted by Crippen LogP contribution is -2.33. The zero-order valence-corrected chi connectivity index (χ0v) is 21.7. The molecule has 0 unspecified atom stereocenters. The molecule has 1 N–H and O–H groups in total. The number of rotatable bonds is 8. The third kappa shape index (κ3) is 4.92. The minimum atomic E-state index is 0.207. The number of anilines is 1. The van der Waals surface area contributed by atoms with E-state index in [2.05, 4.69) is 54.3 Å². The van der Waals surface area contributed by atoms with Gasteiger partial charge < -0.3 is 15.0 Å². The van der Waals surface area contributed by atoms with E-state index in [1.165, 1.54) is 47.1 Å². The zero-order chi connectivity index (χ0) is 23.7. The van der Waals surface area contributed by atoms with Crippen molar-refractivity contribution in [2.45, 2.75) is 51.6 Å². The Kier molecular flexibility index (Phi) is 7.04. The molecule has 3 aromatic rings. The Hall–Kier alpha value is -2.22. The molecule has 0 bridgehead atoms. The summed E-state index contributed by atoms with van der Waals surface area (Å²) < 4.78 is 5.48. The van der Waals surface area contributed by atoms with Crippen LogP contribution in [0.3, 0.4) is 0 Å². The number of likely N-dealkylation sites (N-methyl/N-ethyl adjacent to an activating group) is 1. The van der Waals surface area contributed by atoms with Gasteiger partial charge in [0, 0.05) is 11.4 Å². The van der Waals surface area contributed by atoms with Gasteiger partial charge in [-0.25, -0.2) is 9.97 Å². The lowest BCUT2D eigenvalue weighted by Gasteiger charge is -2.29. The number of likely N-dealkylation sites (tertiary alicyclic amines) is 1. The van der Waals surface area contributed by atoms with E-state index in [9.17, 15) is 0 Å². The van der Waals surface area contributed by atoms with Gasteiger partial charge in [-0.2, -0.15) is 0 Å². The van der Waals surface area contributed by atoms with E-state index < -0.39 is 0 Å². The number of benzene rings is 1. The maximum Gasteiger partial charge on any atom is 0.146 e. The third-order valence-electron chi connectivity index (χ3n) is 7.42. The number of nitrogens with one attached hydrogen (secondary N) is 1. The van der Waals surface area contributed by atoms with E-state index in [0.717, 1.165) is 60.7 Å². The number of hydrogen-bond acceptors (Lipinski definition) is 7. The summed E-state index contributed by atoms with van der Waals surface area (Å²) in [5.74, 6) is 3.69. The number of fused-ring (bicyclic) bond motifs is 3. The van der Waals surface area contributed by atoms with E-state index in [-0.39, 0.29) is 6.04 Å². The van der Waals surface area contributed by atoms with E-state index in [1.54, 1.807) is 7.11 Å². The second kappa shape index (κ2) is 10.2. The molecule has 1 aliphatic carbocycles. The number of hydrogen-bond donors (Lipinski definition) is 1. The van der Waals surface area contributed by atoms with Crippen LogP contribution >= 0.6 is 11.3 Å². The molecule has 0 radical (unpaired) electrons. The number of aryl methyl sites for hydroxylation is 2. The second-order valence-corrected chi connectivity index (χ2v) is 11.2. The normalized spacial score (nSPS) is 17.9. The molecular weight excluding hydrogens is 442 g/mol. The van der Waals surface area contributed by atoms with Gasteiger partial charge in [-0.05, 0) is 88.5 Å². The highest BCUT2D eigenvalue weighted by molar-refractivity contribution is 7.19. The highest BCUT2D eigenvalue weighted by Crippen LogP contribution is 2.40. The summed E-state index contributed by atoms with van der Waals surface area (Å²) >= 11 is 1.88. The van der Waals surface area contributed by atoms with Crippen LogP contribution in [-0.2, 0) is 19.4 Å². The van der Waals surface area contributed by atoms with Gasteiger partial charge in [0.2, 0.25) is 0 Å². The van der Waals surface area contributed by atoms with Crippen molar-refractivity contribution in [2.24, 2.45) is 5.92 Å². The molecule has 0 saturated carbocycles. The molecule has 6 nitrogen and oxygen atoms in total. The highest BCUT2D eigenvalue weighted by Gasteiger charge is 2.24. The summed E-state index contributed by atoms with van der Waals surface area (Å²) in [6.45, 7) is 6.26. The summed E-state index contributed by atoms with van der Waals surface area (Å²) in [5.41, 5.74) is 2.71. The number of methoxy groups -OCH3 is 1. The van der Waals surface area contributed by atoms with Crippen LogP contribution in [0.2, 0.25) is 0 Å². The van der Waals surface area contributed by atoms with Crippen LogP contribution in [0.4, 0.5) is 5.82 Å². The van der Waals surface area contributed by atoms with Crippen LogP contribution < -0.4 is 10.1 Å². The molecule has 1 aliphatic heterocycles. The van der Waals surface area contributed by atoms with Gasteiger partial charge in [0.05, 0.1) is 25.1 Å².